The Labute approximate surface area is 118 Å². The van der Waals surface area contributed by atoms with Crippen molar-refractivity contribution in [3.8, 4) is 0 Å². The first-order valence-electron chi connectivity index (χ1n) is 7.82. The normalized spacial score (nSPS) is 23.9. The number of hydrogen-bond acceptors (Lipinski definition) is 3. The van der Waals surface area contributed by atoms with Gasteiger partial charge in [0.1, 0.15) is 0 Å². The van der Waals surface area contributed by atoms with Gasteiger partial charge in [-0.05, 0) is 31.8 Å². The van der Waals surface area contributed by atoms with E-state index < -0.39 is 0 Å². The lowest BCUT2D eigenvalue weighted by Gasteiger charge is -2.28. The molecule has 1 aliphatic heterocycles. The molecule has 0 aromatic heterocycles. The summed E-state index contributed by atoms with van der Waals surface area (Å²) in [5, 5.41) is 3.49. The summed E-state index contributed by atoms with van der Waals surface area (Å²) in [5.74, 6) is 0.900. The van der Waals surface area contributed by atoms with Crippen LogP contribution in [0.1, 0.15) is 47.5 Å². The number of nitrogens with zero attached hydrogens (tertiary/aromatic N) is 2. The molecule has 0 bridgehead atoms. The molecule has 0 aliphatic carbocycles. The van der Waals surface area contributed by atoms with Crippen molar-refractivity contribution >= 4 is 5.91 Å². The summed E-state index contributed by atoms with van der Waals surface area (Å²) >= 11 is 0. The van der Waals surface area contributed by atoms with Crippen LogP contribution in [0.5, 0.6) is 0 Å². The average molecular weight is 269 g/mol. The van der Waals surface area contributed by atoms with Crippen LogP contribution in [0.4, 0.5) is 0 Å². The van der Waals surface area contributed by atoms with Gasteiger partial charge in [0, 0.05) is 13.1 Å². The highest BCUT2D eigenvalue weighted by Gasteiger charge is 2.37. The Bertz CT molecular complexity index is 277. The quantitative estimate of drug-likeness (QED) is 0.731. The number of carbonyl (C=O) groups is 1. The van der Waals surface area contributed by atoms with Crippen molar-refractivity contribution in [2.45, 2.75) is 59.7 Å². The molecule has 2 atom stereocenters. The van der Waals surface area contributed by atoms with Gasteiger partial charge in [0.2, 0.25) is 5.91 Å². The van der Waals surface area contributed by atoms with Crippen LogP contribution in [-0.2, 0) is 4.79 Å². The van der Waals surface area contributed by atoms with E-state index in [0.29, 0.717) is 11.8 Å². The lowest BCUT2D eigenvalue weighted by Crippen LogP contribution is -2.43. The lowest BCUT2D eigenvalue weighted by molar-refractivity contribution is -0.130. The van der Waals surface area contributed by atoms with Crippen molar-refractivity contribution in [1.82, 2.24) is 15.1 Å². The van der Waals surface area contributed by atoms with Gasteiger partial charge in [0.05, 0.1) is 12.2 Å². The Morgan fingerprint density at radius 3 is 2.37 bits per heavy atom. The summed E-state index contributed by atoms with van der Waals surface area (Å²) < 4.78 is 0. The van der Waals surface area contributed by atoms with Gasteiger partial charge in [-0.2, -0.15) is 0 Å². The Balaban J connectivity index is 2.61. The van der Waals surface area contributed by atoms with E-state index in [0.717, 1.165) is 39.0 Å². The van der Waals surface area contributed by atoms with E-state index in [2.05, 4.69) is 49.7 Å². The molecule has 1 amide bonds. The molecule has 2 unspecified atom stereocenters. The molecule has 4 nitrogen and oxygen atoms in total. The highest BCUT2D eigenvalue weighted by Crippen LogP contribution is 2.19. The molecule has 1 N–H and O–H groups in total. The molecule has 0 spiro atoms. The second-order valence-corrected chi connectivity index (χ2v) is 5.83. The van der Waals surface area contributed by atoms with Crippen LogP contribution in [0.2, 0.25) is 0 Å². The second-order valence-electron chi connectivity index (χ2n) is 5.83. The van der Waals surface area contributed by atoms with E-state index in [1.54, 1.807) is 0 Å². The monoisotopic (exact) mass is 269 g/mol. The number of carbonyl (C=O) groups excluding carboxylic acids is 1. The summed E-state index contributed by atoms with van der Waals surface area (Å²) in [5.41, 5.74) is 0. The van der Waals surface area contributed by atoms with E-state index in [9.17, 15) is 4.79 Å². The molecule has 1 saturated heterocycles. The molecular weight excluding hydrogens is 238 g/mol. The molecule has 0 radical (unpaired) electrons. The first-order valence-corrected chi connectivity index (χ1v) is 7.82. The Morgan fingerprint density at radius 1 is 1.26 bits per heavy atom. The van der Waals surface area contributed by atoms with Crippen LogP contribution in [0.3, 0.4) is 0 Å². The zero-order valence-electron chi connectivity index (χ0n) is 13.3. The van der Waals surface area contributed by atoms with Crippen LogP contribution < -0.4 is 5.32 Å². The lowest BCUT2D eigenvalue weighted by atomic mass is 10.1. The molecule has 1 rings (SSSR count). The summed E-state index contributed by atoms with van der Waals surface area (Å²) in [6.45, 7) is 14.8. The van der Waals surface area contributed by atoms with Crippen LogP contribution in [0.25, 0.3) is 0 Å². The van der Waals surface area contributed by atoms with Gasteiger partial charge in [-0.3, -0.25) is 10.1 Å². The number of amides is 1. The fourth-order valence-electron chi connectivity index (χ4n) is 2.74. The molecule has 4 heteroatoms. The van der Waals surface area contributed by atoms with Crippen molar-refractivity contribution in [2.24, 2.45) is 5.92 Å². The molecule has 1 heterocycles. The van der Waals surface area contributed by atoms with Crippen LogP contribution in [0.15, 0.2) is 0 Å². The zero-order chi connectivity index (χ0) is 14.4. The first kappa shape index (κ1) is 16.4. The molecular formula is C15H31N3O. The van der Waals surface area contributed by atoms with E-state index >= 15 is 0 Å². The van der Waals surface area contributed by atoms with Crippen LogP contribution >= 0.6 is 0 Å². The second kappa shape index (κ2) is 7.85. The SMILES string of the molecule is CCC1NC(CC(C)C)N(CCN(CC)CC)C1=O. The largest absolute Gasteiger partial charge is 0.325 e. The molecule has 1 aliphatic rings. The van der Waals surface area contributed by atoms with Gasteiger partial charge < -0.3 is 9.80 Å². The first-order chi connectivity index (χ1) is 9.03. The predicted octanol–water partition coefficient (Wildman–Crippen LogP) is 1.91. The maximum Gasteiger partial charge on any atom is 0.241 e. The van der Waals surface area contributed by atoms with E-state index in [-0.39, 0.29) is 12.2 Å². The molecule has 1 fully saturated rings. The zero-order valence-corrected chi connectivity index (χ0v) is 13.3. The Hall–Kier alpha value is -0.610. The van der Waals surface area contributed by atoms with Crippen LogP contribution in [0, 0.1) is 5.92 Å². The fourth-order valence-corrected chi connectivity index (χ4v) is 2.74. The number of likely N-dealkylation sites (N-methyl/N-ethyl adjacent to an activating group) is 1. The van der Waals surface area contributed by atoms with Gasteiger partial charge in [0.15, 0.2) is 0 Å². The van der Waals surface area contributed by atoms with E-state index in [1.807, 2.05) is 0 Å². The smallest absolute Gasteiger partial charge is 0.241 e. The minimum atomic E-state index is 0.0282. The molecule has 0 aromatic carbocycles. The molecule has 0 saturated carbocycles. The van der Waals surface area contributed by atoms with Gasteiger partial charge in [-0.15, -0.1) is 0 Å². The maximum absolute atomic E-state index is 12.4. The van der Waals surface area contributed by atoms with Crippen molar-refractivity contribution < 1.29 is 4.79 Å². The summed E-state index contributed by atoms with van der Waals surface area (Å²) in [6, 6.07) is 0.0282. The van der Waals surface area contributed by atoms with Crippen molar-refractivity contribution in [3.05, 3.63) is 0 Å². The highest BCUT2D eigenvalue weighted by atomic mass is 16.2. The Morgan fingerprint density at radius 2 is 1.89 bits per heavy atom. The minimum absolute atomic E-state index is 0.0282. The topological polar surface area (TPSA) is 35.6 Å². The summed E-state index contributed by atoms with van der Waals surface area (Å²) in [6.07, 6.45) is 2.16. The average Bonchev–Trinajstić information content (AvgIpc) is 2.67. The van der Waals surface area contributed by atoms with Gasteiger partial charge in [-0.1, -0.05) is 34.6 Å². The maximum atomic E-state index is 12.4. The van der Waals surface area contributed by atoms with E-state index in [4.69, 9.17) is 0 Å². The number of hydrogen-bond donors (Lipinski definition) is 1. The summed E-state index contributed by atoms with van der Waals surface area (Å²) in [7, 11) is 0. The van der Waals surface area contributed by atoms with Gasteiger partial charge in [0.25, 0.3) is 0 Å². The molecule has 0 aromatic rings. The predicted molar refractivity (Wildman–Crippen MR) is 80.0 cm³/mol. The van der Waals surface area contributed by atoms with E-state index in [1.165, 1.54) is 0 Å². The van der Waals surface area contributed by atoms with Crippen molar-refractivity contribution in [3.63, 3.8) is 0 Å². The molecule has 112 valence electrons. The van der Waals surface area contributed by atoms with Gasteiger partial charge in [-0.25, -0.2) is 0 Å². The third kappa shape index (κ3) is 4.46. The van der Waals surface area contributed by atoms with Crippen LogP contribution in [-0.4, -0.2) is 54.1 Å². The Kier molecular flexibility index (Phi) is 6.80. The highest BCUT2D eigenvalue weighted by molar-refractivity contribution is 5.84. The summed E-state index contributed by atoms with van der Waals surface area (Å²) in [4.78, 5) is 16.8. The standard InChI is InChI=1S/C15H31N3O/c1-6-13-15(19)18(10-9-17(7-2)8-3)14(16-13)11-12(4)5/h12-14,16H,6-11H2,1-5H3. The van der Waals surface area contributed by atoms with Crippen molar-refractivity contribution in [2.75, 3.05) is 26.2 Å². The minimum Gasteiger partial charge on any atom is -0.325 e. The third-order valence-corrected chi connectivity index (χ3v) is 4.01. The third-order valence-electron chi connectivity index (χ3n) is 4.01. The number of rotatable bonds is 8. The van der Waals surface area contributed by atoms with Crippen molar-refractivity contribution in [1.29, 1.82) is 0 Å². The fraction of sp³-hybridized carbons (Fsp3) is 0.933. The number of nitrogens with one attached hydrogen (secondary N) is 1. The molecule has 19 heavy (non-hydrogen) atoms. The van der Waals surface area contributed by atoms with Gasteiger partial charge >= 0.3 is 0 Å².